The van der Waals surface area contributed by atoms with Crippen molar-refractivity contribution < 1.29 is 14.3 Å². The summed E-state index contributed by atoms with van der Waals surface area (Å²) in [5.41, 5.74) is 6.10. The van der Waals surface area contributed by atoms with Gasteiger partial charge in [0.25, 0.3) is 0 Å². The highest BCUT2D eigenvalue weighted by atomic mass is 35.5. The molecule has 21 heavy (non-hydrogen) atoms. The Morgan fingerprint density at radius 2 is 2.19 bits per heavy atom. The number of halogens is 1. The molecule has 112 valence electrons. The van der Waals surface area contributed by atoms with Gasteiger partial charge >= 0.3 is 5.97 Å². The van der Waals surface area contributed by atoms with E-state index in [1.165, 1.54) is 11.8 Å². The number of rotatable bonds is 7. The third-order valence-electron chi connectivity index (χ3n) is 2.69. The molecule has 8 heteroatoms. The van der Waals surface area contributed by atoms with Crippen LogP contribution < -0.4 is 5.73 Å². The molecule has 2 aromatic rings. The van der Waals surface area contributed by atoms with E-state index in [1.807, 2.05) is 12.1 Å². The van der Waals surface area contributed by atoms with Crippen LogP contribution in [0.15, 0.2) is 28.7 Å². The Hall–Kier alpha value is -1.57. The predicted molar refractivity (Wildman–Crippen MR) is 81.1 cm³/mol. The maximum atomic E-state index is 10.6. The van der Waals surface area contributed by atoms with Crippen molar-refractivity contribution in [2.45, 2.75) is 18.2 Å². The zero-order chi connectivity index (χ0) is 15.2. The van der Waals surface area contributed by atoms with Gasteiger partial charge in [-0.3, -0.25) is 4.79 Å². The second-order valence-corrected chi connectivity index (χ2v) is 5.78. The number of carboxylic acids is 1. The number of thioether (sulfide) groups is 1. The van der Waals surface area contributed by atoms with Gasteiger partial charge in [-0.25, -0.2) is 0 Å². The molecule has 0 bridgehead atoms. The van der Waals surface area contributed by atoms with E-state index in [9.17, 15) is 4.79 Å². The lowest BCUT2D eigenvalue weighted by Gasteiger charge is -2.04. The number of aromatic nitrogens is 2. The number of carbonyl (C=O) groups is 1. The van der Waals surface area contributed by atoms with Crippen LogP contribution in [0.25, 0.3) is 11.5 Å². The molecular weight excluding hydrogens is 314 g/mol. The number of carboxylic acid groups (broad SMARTS) is 1. The highest BCUT2D eigenvalue weighted by molar-refractivity contribution is 7.98. The van der Waals surface area contributed by atoms with Crippen LogP contribution in [-0.2, 0) is 10.5 Å². The van der Waals surface area contributed by atoms with E-state index in [0.717, 1.165) is 0 Å². The number of aliphatic carboxylic acids is 1. The Morgan fingerprint density at radius 1 is 1.43 bits per heavy atom. The number of benzene rings is 1. The summed E-state index contributed by atoms with van der Waals surface area (Å²) in [7, 11) is 0. The third-order valence-corrected chi connectivity index (χ3v) is 3.99. The summed E-state index contributed by atoms with van der Waals surface area (Å²) in [6.07, 6.45) is 0.394. The summed E-state index contributed by atoms with van der Waals surface area (Å²) < 4.78 is 5.53. The summed E-state index contributed by atoms with van der Waals surface area (Å²) in [6.45, 7) is 0. The van der Waals surface area contributed by atoms with Crippen molar-refractivity contribution in [3.8, 4) is 11.5 Å². The number of hydrogen-bond acceptors (Lipinski definition) is 6. The van der Waals surface area contributed by atoms with Gasteiger partial charge in [-0.05, 0) is 24.3 Å². The molecule has 6 nitrogen and oxygen atoms in total. The van der Waals surface area contributed by atoms with Crippen molar-refractivity contribution >= 4 is 29.3 Å². The second kappa shape index (κ2) is 7.44. The SMILES string of the molecule is NC(CCSCc1nnc(-c2ccccc2Cl)o1)C(=O)O. The fraction of sp³-hybridized carbons (Fsp3) is 0.308. The molecule has 1 heterocycles. The second-order valence-electron chi connectivity index (χ2n) is 4.27. The monoisotopic (exact) mass is 327 g/mol. The first kappa shape index (κ1) is 15.8. The summed E-state index contributed by atoms with van der Waals surface area (Å²) >= 11 is 7.55. The zero-order valence-corrected chi connectivity index (χ0v) is 12.6. The van der Waals surface area contributed by atoms with Gasteiger partial charge < -0.3 is 15.3 Å². The van der Waals surface area contributed by atoms with Crippen LogP contribution in [-0.4, -0.2) is 33.1 Å². The lowest BCUT2D eigenvalue weighted by atomic mass is 10.2. The fourth-order valence-corrected chi connectivity index (χ4v) is 2.62. The van der Waals surface area contributed by atoms with Gasteiger partial charge in [-0.1, -0.05) is 23.7 Å². The minimum absolute atomic E-state index is 0.374. The largest absolute Gasteiger partial charge is 0.480 e. The van der Waals surface area contributed by atoms with Gasteiger partial charge in [0.15, 0.2) is 0 Å². The van der Waals surface area contributed by atoms with E-state index in [4.69, 9.17) is 26.9 Å². The Bertz CT molecular complexity index is 620. The summed E-state index contributed by atoms with van der Waals surface area (Å²) in [4.78, 5) is 10.6. The molecule has 1 unspecified atom stereocenters. The minimum atomic E-state index is -0.991. The molecule has 0 radical (unpaired) electrons. The van der Waals surface area contributed by atoms with Gasteiger partial charge in [-0.15, -0.1) is 10.2 Å². The Labute approximate surface area is 130 Å². The lowest BCUT2D eigenvalue weighted by Crippen LogP contribution is -2.30. The van der Waals surface area contributed by atoms with E-state index in [-0.39, 0.29) is 0 Å². The highest BCUT2D eigenvalue weighted by Gasteiger charge is 2.13. The van der Waals surface area contributed by atoms with E-state index >= 15 is 0 Å². The van der Waals surface area contributed by atoms with E-state index < -0.39 is 12.0 Å². The normalized spacial score (nSPS) is 12.3. The first-order valence-corrected chi connectivity index (χ1v) is 7.74. The third kappa shape index (κ3) is 4.45. The van der Waals surface area contributed by atoms with Gasteiger partial charge in [0.2, 0.25) is 11.8 Å². The predicted octanol–water partition coefficient (Wildman–Crippen LogP) is 2.43. The molecule has 1 aromatic heterocycles. The average molecular weight is 328 g/mol. The molecule has 0 saturated carbocycles. The van der Waals surface area contributed by atoms with Crippen LogP contribution >= 0.6 is 23.4 Å². The molecule has 0 amide bonds. The zero-order valence-electron chi connectivity index (χ0n) is 11.0. The Morgan fingerprint density at radius 3 is 2.90 bits per heavy atom. The van der Waals surface area contributed by atoms with E-state index in [1.54, 1.807) is 12.1 Å². The maximum absolute atomic E-state index is 10.6. The quantitative estimate of drug-likeness (QED) is 0.753. The van der Waals surface area contributed by atoms with Crippen LogP contribution in [0, 0.1) is 0 Å². The molecule has 1 atom stereocenters. The smallest absolute Gasteiger partial charge is 0.320 e. The Kier molecular flexibility index (Phi) is 5.60. The number of nitrogens with two attached hydrogens (primary N) is 1. The molecule has 0 fully saturated rings. The fourth-order valence-electron chi connectivity index (χ4n) is 1.55. The van der Waals surface area contributed by atoms with Crippen LogP contribution in [0.2, 0.25) is 5.02 Å². The van der Waals surface area contributed by atoms with Crippen molar-refractivity contribution in [3.63, 3.8) is 0 Å². The van der Waals surface area contributed by atoms with E-state index in [2.05, 4.69) is 10.2 Å². The van der Waals surface area contributed by atoms with Gasteiger partial charge in [0, 0.05) is 0 Å². The minimum Gasteiger partial charge on any atom is -0.480 e. The van der Waals surface area contributed by atoms with Crippen LogP contribution in [0.5, 0.6) is 0 Å². The molecule has 0 saturated heterocycles. The molecule has 0 aliphatic rings. The molecular formula is C13H14ClN3O3S. The number of nitrogens with zero attached hydrogens (tertiary/aromatic N) is 2. The average Bonchev–Trinajstić information content (AvgIpc) is 2.92. The topological polar surface area (TPSA) is 102 Å². The molecule has 0 spiro atoms. The summed E-state index contributed by atoms with van der Waals surface area (Å²) in [5, 5.41) is 17.1. The summed E-state index contributed by atoms with van der Waals surface area (Å²) in [6, 6.07) is 6.39. The van der Waals surface area contributed by atoms with Gasteiger partial charge in [0.1, 0.15) is 6.04 Å². The van der Waals surface area contributed by atoms with Crippen molar-refractivity contribution in [3.05, 3.63) is 35.2 Å². The van der Waals surface area contributed by atoms with E-state index in [0.29, 0.717) is 40.3 Å². The van der Waals surface area contributed by atoms with Crippen LogP contribution in [0.3, 0.4) is 0 Å². The van der Waals surface area contributed by atoms with Crippen LogP contribution in [0.4, 0.5) is 0 Å². The first-order chi connectivity index (χ1) is 10.1. The lowest BCUT2D eigenvalue weighted by molar-refractivity contribution is -0.138. The Balaban J connectivity index is 1.87. The standard InChI is InChI=1S/C13H14ClN3O3S/c14-9-4-2-1-3-8(9)12-17-16-11(20-12)7-21-6-5-10(15)13(18)19/h1-4,10H,5-7,15H2,(H,18,19). The van der Waals surface area contributed by atoms with Crippen LogP contribution in [0.1, 0.15) is 12.3 Å². The first-order valence-electron chi connectivity index (χ1n) is 6.21. The van der Waals surface area contributed by atoms with Gasteiger partial charge in [0.05, 0.1) is 16.3 Å². The number of hydrogen-bond donors (Lipinski definition) is 2. The van der Waals surface area contributed by atoms with Crippen molar-refractivity contribution in [1.29, 1.82) is 0 Å². The molecule has 0 aliphatic carbocycles. The molecule has 3 N–H and O–H groups in total. The van der Waals surface area contributed by atoms with Crippen molar-refractivity contribution in [2.75, 3.05) is 5.75 Å². The van der Waals surface area contributed by atoms with Crippen molar-refractivity contribution in [1.82, 2.24) is 10.2 Å². The summed E-state index contributed by atoms with van der Waals surface area (Å²) in [5.74, 6) is 0.966. The molecule has 1 aromatic carbocycles. The van der Waals surface area contributed by atoms with Crippen molar-refractivity contribution in [2.24, 2.45) is 5.73 Å². The maximum Gasteiger partial charge on any atom is 0.320 e. The molecule has 2 rings (SSSR count). The van der Waals surface area contributed by atoms with Gasteiger partial charge in [-0.2, -0.15) is 11.8 Å². The highest BCUT2D eigenvalue weighted by Crippen LogP contribution is 2.27. The molecule has 0 aliphatic heterocycles.